The predicted molar refractivity (Wildman–Crippen MR) is 59.7 cm³/mol. The fraction of sp³-hybridized carbons (Fsp3) is 0.300. The highest BCUT2D eigenvalue weighted by Gasteiger charge is 2.19. The molecule has 2 aromatic rings. The van der Waals surface area contributed by atoms with Crippen LogP contribution in [0, 0.1) is 0 Å². The van der Waals surface area contributed by atoms with E-state index in [0.29, 0.717) is 12.2 Å². The summed E-state index contributed by atoms with van der Waals surface area (Å²) in [5.74, 6) is 1.79. The van der Waals surface area contributed by atoms with E-state index in [4.69, 9.17) is 5.73 Å². The molecule has 3 rings (SSSR count). The van der Waals surface area contributed by atoms with Crippen molar-refractivity contribution >= 4 is 11.5 Å². The first-order valence-corrected chi connectivity index (χ1v) is 5.17. The lowest BCUT2D eigenvalue weighted by Gasteiger charge is -2.28. The number of nitrogen functional groups attached to an aromatic ring is 1. The molecule has 0 aromatic carbocycles. The summed E-state index contributed by atoms with van der Waals surface area (Å²) in [5.41, 5.74) is 6.60. The molecule has 3 heterocycles. The van der Waals surface area contributed by atoms with E-state index in [-0.39, 0.29) is 0 Å². The van der Waals surface area contributed by atoms with Crippen molar-refractivity contribution in [3.8, 4) is 0 Å². The first-order valence-electron chi connectivity index (χ1n) is 5.17. The molecule has 0 unspecified atom stereocenters. The second kappa shape index (κ2) is 3.48. The zero-order valence-electron chi connectivity index (χ0n) is 8.74. The number of pyridine rings is 1. The molecule has 0 fully saturated rings. The number of anilines is 2. The second-order valence-electron chi connectivity index (χ2n) is 3.78. The normalized spacial score (nSPS) is 14.9. The summed E-state index contributed by atoms with van der Waals surface area (Å²) >= 11 is 0. The van der Waals surface area contributed by atoms with Gasteiger partial charge in [0.25, 0.3) is 0 Å². The Hall–Kier alpha value is -2.11. The zero-order valence-corrected chi connectivity index (χ0v) is 8.74. The third kappa shape index (κ3) is 1.39. The van der Waals surface area contributed by atoms with Crippen molar-refractivity contribution in [3.05, 3.63) is 30.5 Å². The van der Waals surface area contributed by atoms with Gasteiger partial charge in [-0.3, -0.25) is 0 Å². The van der Waals surface area contributed by atoms with Crippen LogP contribution in [-0.2, 0) is 13.1 Å². The van der Waals surface area contributed by atoms with Gasteiger partial charge >= 0.3 is 0 Å². The van der Waals surface area contributed by atoms with Crippen LogP contribution in [0.1, 0.15) is 5.82 Å². The molecular weight excluding hydrogens is 204 g/mol. The first kappa shape index (κ1) is 9.14. The average molecular weight is 216 g/mol. The van der Waals surface area contributed by atoms with E-state index < -0.39 is 0 Å². The minimum absolute atomic E-state index is 0.704. The summed E-state index contributed by atoms with van der Waals surface area (Å²) in [6.45, 7) is 2.46. The van der Waals surface area contributed by atoms with Gasteiger partial charge in [-0.05, 0) is 12.1 Å². The van der Waals surface area contributed by atoms with E-state index >= 15 is 0 Å². The van der Waals surface area contributed by atoms with E-state index in [1.165, 1.54) is 0 Å². The lowest BCUT2D eigenvalue weighted by atomic mass is 10.3. The minimum Gasteiger partial charge on any atom is -0.396 e. The lowest BCUT2D eigenvalue weighted by Crippen LogP contribution is -2.34. The molecule has 2 aromatic heterocycles. The van der Waals surface area contributed by atoms with Crippen LogP contribution >= 0.6 is 0 Å². The van der Waals surface area contributed by atoms with E-state index in [1.807, 2.05) is 12.1 Å². The third-order valence-electron chi connectivity index (χ3n) is 2.76. The van der Waals surface area contributed by atoms with Gasteiger partial charge in [-0.2, -0.15) is 0 Å². The Balaban J connectivity index is 1.92. The maximum atomic E-state index is 5.90. The monoisotopic (exact) mass is 216 g/mol. The largest absolute Gasteiger partial charge is 0.396 e. The van der Waals surface area contributed by atoms with Gasteiger partial charge in [-0.15, -0.1) is 10.2 Å². The second-order valence-corrected chi connectivity index (χ2v) is 3.78. The van der Waals surface area contributed by atoms with Gasteiger partial charge in [0.15, 0.2) is 11.6 Å². The van der Waals surface area contributed by atoms with Crippen molar-refractivity contribution in [3.63, 3.8) is 0 Å². The topological polar surface area (TPSA) is 72.9 Å². The molecule has 82 valence electrons. The number of fused-ring (bicyclic) bond motifs is 1. The average Bonchev–Trinajstić information content (AvgIpc) is 2.76. The molecular formula is C10H12N6. The van der Waals surface area contributed by atoms with E-state index in [9.17, 15) is 0 Å². The van der Waals surface area contributed by atoms with Gasteiger partial charge in [0.2, 0.25) is 0 Å². The molecule has 1 aliphatic rings. The van der Waals surface area contributed by atoms with Crippen LogP contribution in [0.3, 0.4) is 0 Å². The van der Waals surface area contributed by atoms with Crippen molar-refractivity contribution in [1.29, 1.82) is 0 Å². The molecule has 0 bridgehead atoms. The summed E-state index contributed by atoms with van der Waals surface area (Å²) in [4.78, 5) is 6.43. The molecule has 0 radical (unpaired) electrons. The van der Waals surface area contributed by atoms with Gasteiger partial charge < -0.3 is 15.2 Å². The summed E-state index contributed by atoms with van der Waals surface area (Å²) in [7, 11) is 0. The molecule has 0 saturated carbocycles. The third-order valence-corrected chi connectivity index (χ3v) is 2.76. The maximum Gasteiger partial charge on any atom is 0.152 e. The fourth-order valence-electron chi connectivity index (χ4n) is 1.92. The molecule has 6 nitrogen and oxygen atoms in total. The summed E-state index contributed by atoms with van der Waals surface area (Å²) in [5, 5.41) is 7.95. The molecule has 0 aliphatic carbocycles. The molecule has 2 N–H and O–H groups in total. The Morgan fingerprint density at radius 1 is 1.31 bits per heavy atom. The predicted octanol–water partition coefficient (Wildman–Crippen LogP) is 0.275. The van der Waals surface area contributed by atoms with Crippen LogP contribution in [0.4, 0.5) is 11.5 Å². The van der Waals surface area contributed by atoms with Crippen LogP contribution in [0.2, 0.25) is 0 Å². The Bertz CT molecular complexity index is 506. The van der Waals surface area contributed by atoms with Crippen LogP contribution in [-0.4, -0.2) is 26.3 Å². The fourth-order valence-corrected chi connectivity index (χ4v) is 1.92. The molecule has 0 spiro atoms. The number of nitrogens with two attached hydrogens (primary N) is 1. The summed E-state index contributed by atoms with van der Waals surface area (Å²) < 4.78 is 2.05. The summed E-state index contributed by atoms with van der Waals surface area (Å²) in [6.07, 6.45) is 3.51. The highest BCUT2D eigenvalue weighted by Crippen LogP contribution is 2.22. The summed E-state index contributed by atoms with van der Waals surface area (Å²) in [6, 6.07) is 3.70. The van der Waals surface area contributed by atoms with E-state index in [2.05, 4.69) is 24.6 Å². The molecule has 1 aliphatic heterocycles. The minimum atomic E-state index is 0.704. The SMILES string of the molecule is Nc1cccnc1N1CCn2cnnc2C1. The first-order chi connectivity index (χ1) is 7.84. The van der Waals surface area contributed by atoms with Gasteiger partial charge in [0, 0.05) is 19.3 Å². The number of aromatic nitrogens is 4. The molecule has 16 heavy (non-hydrogen) atoms. The van der Waals surface area contributed by atoms with Gasteiger partial charge in [-0.25, -0.2) is 4.98 Å². The maximum absolute atomic E-state index is 5.90. The zero-order chi connectivity index (χ0) is 11.0. The number of nitrogens with zero attached hydrogens (tertiary/aromatic N) is 5. The van der Waals surface area contributed by atoms with Gasteiger partial charge in [0.05, 0.1) is 12.2 Å². The molecule has 0 saturated heterocycles. The highest BCUT2D eigenvalue weighted by atomic mass is 15.3. The highest BCUT2D eigenvalue weighted by molar-refractivity contribution is 5.62. The lowest BCUT2D eigenvalue weighted by molar-refractivity contribution is 0.557. The standard InChI is InChI=1S/C10H12N6/c11-8-2-1-3-12-10(8)15-4-5-16-7-13-14-9(16)6-15/h1-3,7H,4-6,11H2. The number of hydrogen-bond acceptors (Lipinski definition) is 5. The van der Waals surface area contributed by atoms with Gasteiger partial charge in [0.1, 0.15) is 6.33 Å². The van der Waals surface area contributed by atoms with E-state index in [0.717, 1.165) is 24.7 Å². The Labute approximate surface area is 92.7 Å². The number of rotatable bonds is 1. The molecule has 6 heteroatoms. The smallest absolute Gasteiger partial charge is 0.152 e. The Kier molecular flexibility index (Phi) is 1.99. The van der Waals surface area contributed by atoms with Crippen LogP contribution in [0.5, 0.6) is 0 Å². The van der Waals surface area contributed by atoms with Crippen molar-refractivity contribution in [2.45, 2.75) is 13.1 Å². The molecule has 0 atom stereocenters. The number of hydrogen-bond donors (Lipinski definition) is 1. The van der Waals surface area contributed by atoms with Crippen LogP contribution in [0.25, 0.3) is 0 Å². The van der Waals surface area contributed by atoms with Crippen LogP contribution in [0.15, 0.2) is 24.7 Å². The van der Waals surface area contributed by atoms with Crippen LogP contribution < -0.4 is 10.6 Å². The Morgan fingerprint density at radius 3 is 3.12 bits per heavy atom. The molecule has 0 amide bonds. The van der Waals surface area contributed by atoms with E-state index in [1.54, 1.807) is 12.5 Å². The van der Waals surface area contributed by atoms with Crippen molar-refractivity contribution < 1.29 is 0 Å². The van der Waals surface area contributed by atoms with Crippen molar-refractivity contribution in [2.24, 2.45) is 0 Å². The van der Waals surface area contributed by atoms with Gasteiger partial charge in [-0.1, -0.05) is 0 Å². The quantitative estimate of drug-likeness (QED) is 0.741. The van der Waals surface area contributed by atoms with Crippen molar-refractivity contribution in [1.82, 2.24) is 19.7 Å². The Morgan fingerprint density at radius 2 is 2.25 bits per heavy atom. The van der Waals surface area contributed by atoms with Crippen molar-refractivity contribution in [2.75, 3.05) is 17.2 Å².